The molecule has 3 heterocycles. The minimum atomic E-state index is -0.136. The lowest BCUT2D eigenvalue weighted by Gasteiger charge is -2.32. The highest BCUT2D eigenvalue weighted by Crippen LogP contribution is 2.38. The Labute approximate surface area is 185 Å². The Morgan fingerprint density at radius 3 is 2.70 bits per heavy atom. The monoisotopic (exact) mass is 445 g/mol. The van der Waals surface area contributed by atoms with Gasteiger partial charge in [0, 0.05) is 30.9 Å². The predicted octanol–water partition coefficient (Wildman–Crippen LogP) is 4.07. The van der Waals surface area contributed by atoms with Crippen LogP contribution in [0.3, 0.4) is 0 Å². The van der Waals surface area contributed by atoms with Crippen LogP contribution in [-0.2, 0) is 14.3 Å². The van der Waals surface area contributed by atoms with Crippen molar-refractivity contribution in [3.8, 4) is 0 Å². The number of carbonyl (C=O) groups excluding carboxylic acids is 2. The Hall–Kier alpha value is -2.03. The molecule has 1 fully saturated rings. The van der Waals surface area contributed by atoms with Crippen molar-refractivity contribution in [1.29, 1.82) is 0 Å². The van der Waals surface area contributed by atoms with Gasteiger partial charge in [-0.1, -0.05) is 12.5 Å². The Balaban J connectivity index is 1.56. The van der Waals surface area contributed by atoms with Gasteiger partial charge in [-0.2, -0.15) is 5.10 Å². The lowest BCUT2D eigenvalue weighted by Crippen LogP contribution is -2.46. The number of amides is 2. The van der Waals surface area contributed by atoms with Gasteiger partial charge in [0.25, 0.3) is 5.91 Å². The summed E-state index contributed by atoms with van der Waals surface area (Å²) >= 11 is 3.30. The fourth-order valence-electron chi connectivity index (χ4n) is 3.88. The second-order valence-corrected chi connectivity index (χ2v) is 9.73. The number of hydrazone groups is 1. The Kier molecular flexibility index (Phi) is 6.65. The van der Waals surface area contributed by atoms with Crippen molar-refractivity contribution >= 4 is 40.2 Å². The van der Waals surface area contributed by atoms with Crippen LogP contribution in [-0.4, -0.2) is 54.2 Å². The van der Waals surface area contributed by atoms with E-state index >= 15 is 0 Å². The molecule has 1 atom stereocenters. The molecule has 8 heteroatoms. The van der Waals surface area contributed by atoms with Crippen molar-refractivity contribution < 1.29 is 14.3 Å². The van der Waals surface area contributed by atoms with E-state index in [0.717, 1.165) is 34.7 Å². The number of aryl methyl sites for hydroxylation is 1. The van der Waals surface area contributed by atoms with E-state index in [2.05, 4.69) is 18.4 Å². The van der Waals surface area contributed by atoms with Gasteiger partial charge < -0.3 is 9.64 Å². The average Bonchev–Trinajstić information content (AvgIpc) is 3.42. The number of rotatable bonds is 8. The van der Waals surface area contributed by atoms with E-state index in [4.69, 9.17) is 9.84 Å². The van der Waals surface area contributed by atoms with Gasteiger partial charge >= 0.3 is 0 Å². The molecule has 0 spiro atoms. The Bertz CT molecular complexity index is 918. The molecule has 0 saturated heterocycles. The first-order valence-electron chi connectivity index (χ1n) is 10.3. The van der Waals surface area contributed by atoms with Gasteiger partial charge in [0.15, 0.2) is 0 Å². The fourth-order valence-corrected chi connectivity index (χ4v) is 5.61. The van der Waals surface area contributed by atoms with Crippen molar-refractivity contribution in [2.45, 2.75) is 38.6 Å². The zero-order valence-electron chi connectivity index (χ0n) is 17.4. The molecule has 1 saturated carbocycles. The summed E-state index contributed by atoms with van der Waals surface area (Å²) in [6.07, 6.45) is 3.61. The van der Waals surface area contributed by atoms with Gasteiger partial charge in [-0.05, 0) is 48.2 Å². The molecule has 6 nitrogen and oxygen atoms in total. The van der Waals surface area contributed by atoms with Crippen molar-refractivity contribution in [3.63, 3.8) is 0 Å². The van der Waals surface area contributed by atoms with Crippen LogP contribution in [0.5, 0.6) is 0 Å². The van der Waals surface area contributed by atoms with Gasteiger partial charge in [0.05, 0.1) is 23.2 Å². The first kappa shape index (κ1) is 21.2. The molecule has 0 aromatic carbocycles. The zero-order chi connectivity index (χ0) is 21.1. The van der Waals surface area contributed by atoms with E-state index in [1.54, 1.807) is 39.7 Å². The average molecular weight is 446 g/mol. The second-order valence-electron chi connectivity index (χ2n) is 7.83. The zero-order valence-corrected chi connectivity index (χ0v) is 19.0. The normalized spacial score (nSPS) is 18.9. The summed E-state index contributed by atoms with van der Waals surface area (Å²) in [6, 6.07) is 6.01. The molecule has 0 radical (unpaired) electrons. The van der Waals surface area contributed by atoms with Crippen LogP contribution in [0.25, 0.3) is 0 Å². The maximum absolute atomic E-state index is 13.4. The number of thiophene rings is 2. The highest BCUT2D eigenvalue weighted by atomic mass is 32.1. The summed E-state index contributed by atoms with van der Waals surface area (Å²) in [7, 11) is 1.61. The molecule has 0 bridgehead atoms. The van der Waals surface area contributed by atoms with Crippen LogP contribution in [0, 0.1) is 12.8 Å². The molecule has 1 aliphatic heterocycles. The third kappa shape index (κ3) is 4.36. The van der Waals surface area contributed by atoms with Gasteiger partial charge in [0.2, 0.25) is 5.91 Å². The predicted molar refractivity (Wildman–Crippen MR) is 120 cm³/mol. The Morgan fingerprint density at radius 1 is 1.27 bits per heavy atom. The van der Waals surface area contributed by atoms with Crippen molar-refractivity contribution in [3.05, 3.63) is 44.3 Å². The highest BCUT2D eigenvalue weighted by molar-refractivity contribution is 7.12. The van der Waals surface area contributed by atoms with Crippen LogP contribution in [0.15, 0.2) is 34.1 Å². The Morgan fingerprint density at radius 2 is 2.10 bits per heavy atom. The number of hydrogen-bond donors (Lipinski definition) is 0. The van der Waals surface area contributed by atoms with E-state index in [0.29, 0.717) is 19.6 Å². The fraction of sp³-hybridized carbons (Fsp3) is 0.500. The van der Waals surface area contributed by atoms with Crippen LogP contribution in [0.2, 0.25) is 0 Å². The minimum absolute atomic E-state index is 0.0425. The smallest absolute Gasteiger partial charge is 0.262 e. The third-order valence-corrected chi connectivity index (χ3v) is 7.87. The lowest BCUT2D eigenvalue weighted by atomic mass is 9.84. The van der Waals surface area contributed by atoms with Gasteiger partial charge in [-0.3, -0.25) is 9.59 Å². The lowest BCUT2D eigenvalue weighted by molar-refractivity contribution is -0.146. The third-order valence-electron chi connectivity index (χ3n) is 5.83. The van der Waals surface area contributed by atoms with E-state index in [-0.39, 0.29) is 30.3 Å². The quantitative estimate of drug-likeness (QED) is 0.615. The first-order valence-corrected chi connectivity index (χ1v) is 12.1. The van der Waals surface area contributed by atoms with E-state index < -0.39 is 0 Å². The van der Waals surface area contributed by atoms with Gasteiger partial charge in [0.1, 0.15) is 6.54 Å². The standard InChI is InChI=1S/C22H27N3O3S2/c1-15-8-12-30-21(15)18-13-17(19-7-4-11-29-19)23-25(18)20(26)14-24(9-10-28-2)22(27)16-5-3-6-16/h4,7-8,11-12,16,18H,3,5-6,9-10,13-14H2,1-2H3/t18-/m1/s1. The van der Waals surface area contributed by atoms with Crippen LogP contribution in [0.1, 0.15) is 47.0 Å². The summed E-state index contributed by atoms with van der Waals surface area (Å²) in [5.41, 5.74) is 2.11. The molecule has 2 aromatic heterocycles. The van der Waals surface area contributed by atoms with E-state index in [1.165, 1.54) is 5.56 Å². The van der Waals surface area contributed by atoms with Crippen LogP contribution in [0.4, 0.5) is 0 Å². The summed E-state index contributed by atoms with van der Waals surface area (Å²) in [5.74, 6) is -0.0194. The number of carbonyl (C=O) groups is 2. The second kappa shape index (κ2) is 9.41. The summed E-state index contributed by atoms with van der Waals surface area (Å²) in [5, 5.41) is 10.4. The minimum Gasteiger partial charge on any atom is -0.383 e. The van der Waals surface area contributed by atoms with Crippen molar-refractivity contribution in [2.75, 3.05) is 26.8 Å². The number of methoxy groups -OCH3 is 1. The molecule has 160 valence electrons. The molecular formula is C22H27N3O3S2. The maximum Gasteiger partial charge on any atom is 0.262 e. The van der Waals surface area contributed by atoms with Crippen LogP contribution < -0.4 is 0 Å². The van der Waals surface area contributed by atoms with E-state index in [9.17, 15) is 9.59 Å². The topological polar surface area (TPSA) is 62.2 Å². The van der Waals surface area contributed by atoms with Gasteiger partial charge in [-0.25, -0.2) is 5.01 Å². The van der Waals surface area contributed by atoms with Crippen LogP contribution >= 0.6 is 22.7 Å². The van der Waals surface area contributed by atoms with Gasteiger partial charge in [-0.15, -0.1) is 22.7 Å². The molecule has 2 aliphatic rings. The molecule has 2 aromatic rings. The molecule has 4 rings (SSSR count). The molecule has 0 unspecified atom stereocenters. The summed E-state index contributed by atoms with van der Waals surface area (Å²) in [4.78, 5) is 30.1. The molecule has 1 aliphatic carbocycles. The van der Waals surface area contributed by atoms with Crippen molar-refractivity contribution in [1.82, 2.24) is 9.91 Å². The summed E-state index contributed by atoms with van der Waals surface area (Å²) in [6.45, 7) is 2.96. The summed E-state index contributed by atoms with van der Waals surface area (Å²) < 4.78 is 5.18. The number of ether oxygens (including phenoxy) is 1. The molecular weight excluding hydrogens is 418 g/mol. The SMILES string of the molecule is COCCN(CC(=O)N1N=C(c2cccs2)C[C@@H]1c1sccc1C)C(=O)C1CCC1. The molecule has 0 N–H and O–H groups in total. The highest BCUT2D eigenvalue weighted by Gasteiger charge is 2.37. The first-order chi connectivity index (χ1) is 14.6. The van der Waals surface area contributed by atoms with Crippen molar-refractivity contribution in [2.24, 2.45) is 11.0 Å². The largest absolute Gasteiger partial charge is 0.383 e. The number of nitrogens with zero attached hydrogens (tertiary/aromatic N) is 3. The maximum atomic E-state index is 13.4. The molecule has 30 heavy (non-hydrogen) atoms. The number of hydrogen-bond acceptors (Lipinski definition) is 6. The molecule has 2 amide bonds. The van der Waals surface area contributed by atoms with E-state index in [1.807, 2.05) is 17.5 Å².